The zero-order valence-electron chi connectivity index (χ0n) is 6.36. The van der Waals surface area contributed by atoms with Crippen molar-refractivity contribution in [1.82, 2.24) is 0 Å². The highest BCUT2D eigenvalue weighted by molar-refractivity contribution is 6.50. The van der Waals surface area contributed by atoms with Crippen molar-refractivity contribution in [2.75, 3.05) is 0 Å². The second-order valence-electron chi connectivity index (χ2n) is 1.98. The molecule has 11 heavy (non-hydrogen) atoms. The van der Waals surface area contributed by atoms with Crippen molar-refractivity contribution < 1.29 is 10.0 Å². The van der Waals surface area contributed by atoms with Crippen molar-refractivity contribution in [2.24, 2.45) is 0 Å². The van der Waals surface area contributed by atoms with Crippen LogP contribution in [0.5, 0.6) is 0 Å². The van der Waals surface area contributed by atoms with Gasteiger partial charge in [-0.05, 0) is 12.4 Å². The molecule has 0 atom stereocenters. The van der Waals surface area contributed by atoms with E-state index >= 15 is 0 Å². The molecule has 0 saturated carbocycles. The van der Waals surface area contributed by atoms with Gasteiger partial charge < -0.3 is 10.0 Å². The van der Waals surface area contributed by atoms with E-state index in [1.165, 1.54) is 6.08 Å². The van der Waals surface area contributed by atoms with Crippen LogP contribution in [0.3, 0.4) is 0 Å². The molecule has 0 rings (SSSR count). The van der Waals surface area contributed by atoms with E-state index in [4.69, 9.17) is 15.3 Å². The van der Waals surface area contributed by atoms with Gasteiger partial charge in [-0.2, -0.15) is 5.26 Å². The maximum absolute atomic E-state index is 8.67. The summed E-state index contributed by atoms with van der Waals surface area (Å²) in [4.78, 5) is 0. The van der Waals surface area contributed by atoms with Gasteiger partial charge >= 0.3 is 7.12 Å². The molecule has 0 heterocycles. The molecule has 0 radical (unpaired) electrons. The van der Waals surface area contributed by atoms with E-state index in [0.717, 1.165) is 0 Å². The first-order chi connectivity index (χ1) is 5.22. The Morgan fingerprint density at radius 3 is 2.64 bits per heavy atom. The smallest absolute Gasteiger partial charge is 0.423 e. The minimum Gasteiger partial charge on any atom is -0.423 e. The first-order valence-electron chi connectivity index (χ1n) is 3.27. The highest BCUT2D eigenvalue weighted by atomic mass is 16.4. The van der Waals surface area contributed by atoms with E-state index in [0.29, 0.717) is 5.47 Å². The Hall–Kier alpha value is -1.05. The Bertz CT molecular complexity index is 203. The van der Waals surface area contributed by atoms with Crippen molar-refractivity contribution in [2.45, 2.75) is 13.3 Å². The predicted molar refractivity (Wildman–Crippen MR) is 43.3 cm³/mol. The fourth-order valence-corrected chi connectivity index (χ4v) is 0.547. The fourth-order valence-electron chi connectivity index (χ4n) is 0.547. The molecule has 0 aromatic rings. The van der Waals surface area contributed by atoms with E-state index < -0.39 is 7.12 Å². The van der Waals surface area contributed by atoms with E-state index in [1.807, 2.05) is 13.0 Å². The molecule has 0 aromatic carbocycles. The van der Waals surface area contributed by atoms with Gasteiger partial charge in [-0.1, -0.05) is 18.2 Å². The van der Waals surface area contributed by atoms with Crippen LogP contribution in [0.2, 0.25) is 0 Å². The van der Waals surface area contributed by atoms with Crippen molar-refractivity contribution in [3.05, 3.63) is 23.7 Å². The van der Waals surface area contributed by atoms with Gasteiger partial charge in [-0.3, -0.25) is 0 Å². The van der Waals surface area contributed by atoms with Gasteiger partial charge in [0, 0.05) is 0 Å². The molecule has 58 valence electrons. The lowest BCUT2D eigenvalue weighted by molar-refractivity contribution is 0.418. The van der Waals surface area contributed by atoms with Crippen LogP contribution in [0, 0.1) is 11.3 Å². The Morgan fingerprint density at radius 1 is 1.64 bits per heavy atom. The van der Waals surface area contributed by atoms with Crippen LogP contribution in [0.1, 0.15) is 13.3 Å². The van der Waals surface area contributed by atoms with Gasteiger partial charge in [0.15, 0.2) is 0 Å². The third-order valence-corrected chi connectivity index (χ3v) is 1.12. The summed E-state index contributed by atoms with van der Waals surface area (Å²) < 4.78 is 0. The number of hydrogen-bond acceptors (Lipinski definition) is 3. The molecule has 3 nitrogen and oxygen atoms in total. The average molecular weight is 151 g/mol. The Labute approximate surface area is 66.4 Å². The Morgan fingerprint density at radius 2 is 2.27 bits per heavy atom. The lowest BCUT2D eigenvalue weighted by atomic mass is 9.77. The number of rotatable bonds is 3. The van der Waals surface area contributed by atoms with Crippen molar-refractivity contribution in [3.63, 3.8) is 0 Å². The topological polar surface area (TPSA) is 64.2 Å². The molecular weight excluding hydrogens is 141 g/mol. The Kier molecular flexibility index (Phi) is 5.17. The summed E-state index contributed by atoms with van der Waals surface area (Å²) in [6.45, 7) is 1.81. The largest absolute Gasteiger partial charge is 0.485 e. The summed E-state index contributed by atoms with van der Waals surface area (Å²) in [6, 6.07) is 1.84. The summed E-state index contributed by atoms with van der Waals surface area (Å²) >= 11 is 0. The molecule has 0 aromatic heterocycles. The molecule has 0 aliphatic carbocycles. The van der Waals surface area contributed by atoms with Crippen molar-refractivity contribution in [3.8, 4) is 6.07 Å². The summed E-state index contributed by atoms with van der Waals surface area (Å²) in [7, 11) is -1.52. The number of allylic oxidation sites excluding steroid dienone is 4. The molecule has 0 amide bonds. The van der Waals surface area contributed by atoms with Crippen molar-refractivity contribution >= 4 is 7.12 Å². The zero-order valence-corrected chi connectivity index (χ0v) is 6.36. The molecule has 2 N–H and O–H groups in total. The zero-order chi connectivity index (χ0) is 8.69. The van der Waals surface area contributed by atoms with Gasteiger partial charge in [0.05, 0.1) is 12.5 Å². The molecule has 0 bridgehead atoms. The van der Waals surface area contributed by atoms with Crippen LogP contribution >= 0.6 is 0 Å². The first kappa shape index (κ1) is 9.95. The third-order valence-electron chi connectivity index (χ3n) is 1.12. The van der Waals surface area contributed by atoms with Crippen LogP contribution in [0.4, 0.5) is 0 Å². The summed E-state index contributed by atoms with van der Waals surface area (Å²) in [5.74, 6) is 0. The minimum absolute atomic E-state index is 0.0437. The molecule has 0 aliphatic heterocycles. The van der Waals surface area contributed by atoms with Gasteiger partial charge in [-0.25, -0.2) is 0 Å². The van der Waals surface area contributed by atoms with Crippen LogP contribution in [0.15, 0.2) is 23.7 Å². The summed E-state index contributed by atoms with van der Waals surface area (Å²) in [6.07, 6.45) is 4.97. The highest BCUT2D eigenvalue weighted by Gasteiger charge is 2.12. The van der Waals surface area contributed by atoms with E-state index in [9.17, 15) is 0 Å². The van der Waals surface area contributed by atoms with Crippen LogP contribution in [0.25, 0.3) is 0 Å². The van der Waals surface area contributed by atoms with Gasteiger partial charge in [0.2, 0.25) is 0 Å². The monoisotopic (exact) mass is 151 g/mol. The van der Waals surface area contributed by atoms with Crippen LogP contribution in [-0.4, -0.2) is 17.2 Å². The van der Waals surface area contributed by atoms with Crippen LogP contribution < -0.4 is 0 Å². The minimum atomic E-state index is -1.52. The Balaban J connectivity index is 4.22. The SMILES string of the molecule is C/C=C\C=C(/CC#N)B(O)O. The number of nitrogens with zero attached hydrogens (tertiary/aromatic N) is 1. The molecule has 0 aliphatic rings. The fraction of sp³-hybridized carbons (Fsp3) is 0.286. The molecule has 4 heteroatoms. The normalized spacial score (nSPS) is 11.6. The first-order valence-corrected chi connectivity index (χ1v) is 3.27. The molecule has 0 saturated heterocycles. The molecule has 0 fully saturated rings. The summed E-state index contributed by atoms with van der Waals surface area (Å²) in [5, 5.41) is 25.6. The van der Waals surface area contributed by atoms with Gasteiger partial charge in [0.1, 0.15) is 0 Å². The van der Waals surface area contributed by atoms with Gasteiger partial charge in [-0.15, -0.1) is 0 Å². The third kappa shape index (κ3) is 4.37. The van der Waals surface area contributed by atoms with Crippen molar-refractivity contribution in [1.29, 1.82) is 5.26 Å². The molecule has 0 unspecified atom stereocenters. The average Bonchev–Trinajstić information content (AvgIpc) is 1.97. The van der Waals surface area contributed by atoms with Gasteiger partial charge in [0.25, 0.3) is 0 Å². The summed E-state index contributed by atoms with van der Waals surface area (Å²) in [5.41, 5.74) is 0.311. The van der Waals surface area contributed by atoms with Crippen LogP contribution in [-0.2, 0) is 0 Å². The molecular formula is C7H10BNO2. The van der Waals surface area contributed by atoms with E-state index in [-0.39, 0.29) is 6.42 Å². The van der Waals surface area contributed by atoms with E-state index in [1.54, 1.807) is 12.2 Å². The molecule has 0 spiro atoms. The lowest BCUT2D eigenvalue weighted by Crippen LogP contribution is -2.14. The second-order valence-corrected chi connectivity index (χ2v) is 1.98. The quantitative estimate of drug-likeness (QED) is 0.453. The lowest BCUT2D eigenvalue weighted by Gasteiger charge is -1.97. The number of nitriles is 1. The predicted octanol–water partition coefficient (Wildman–Crippen LogP) is 0.415. The number of hydrogen-bond donors (Lipinski definition) is 2. The maximum Gasteiger partial charge on any atom is 0.485 e. The second kappa shape index (κ2) is 5.72. The standard InChI is InChI=1S/C7H10BNO2/c1-2-3-4-7(5-6-9)8(10)11/h2-4,10-11H,5H2,1H3/b3-2-,7-4+. The highest BCUT2D eigenvalue weighted by Crippen LogP contribution is 2.01. The maximum atomic E-state index is 8.67. The van der Waals surface area contributed by atoms with E-state index in [2.05, 4.69) is 0 Å².